The normalized spacial score (nSPS) is 13.2. The maximum absolute atomic E-state index is 6.28. The predicted molar refractivity (Wildman–Crippen MR) is 89.2 cm³/mol. The van der Waals surface area contributed by atoms with E-state index in [0.29, 0.717) is 0 Å². The van der Waals surface area contributed by atoms with Gasteiger partial charge in [0.15, 0.2) is 0 Å². The van der Waals surface area contributed by atoms with Crippen LogP contribution in [0.2, 0.25) is 5.02 Å². The van der Waals surface area contributed by atoms with Crippen molar-refractivity contribution in [2.75, 3.05) is 19.6 Å². The summed E-state index contributed by atoms with van der Waals surface area (Å²) in [4.78, 5) is 2.51. The molecule has 0 spiro atoms. The molecule has 2 N–H and O–H groups in total. The summed E-state index contributed by atoms with van der Waals surface area (Å²) < 4.78 is 0. The molecule has 0 aliphatic heterocycles. The number of nitrogens with zero attached hydrogens (tertiary/aromatic N) is 1. The molecule has 1 atom stereocenters. The summed E-state index contributed by atoms with van der Waals surface area (Å²) in [6, 6.07) is 7.93. The van der Waals surface area contributed by atoms with Gasteiger partial charge in [-0.3, -0.25) is 0 Å². The maximum Gasteiger partial charge on any atom is 0.0453 e. The van der Waals surface area contributed by atoms with Crippen molar-refractivity contribution >= 4 is 11.6 Å². The molecule has 114 valence electrons. The molecule has 0 aromatic heterocycles. The molecule has 0 radical (unpaired) electrons. The molecule has 0 saturated heterocycles. The van der Waals surface area contributed by atoms with Crippen molar-refractivity contribution < 1.29 is 0 Å². The molecule has 20 heavy (non-hydrogen) atoms. The first kappa shape index (κ1) is 17.5. The minimum absolute atomic E-state index is 0.0273. The lowest BCUT2D eigenvalue weighted by atomic mass is 10.0. The summed E-state index contributed by atoms with van der Waals surface area (Å²) in [6.07, 6.45) is 3.46. The summed E-state index contributed by atoms with van der Waals surface area (Å²) in [5, 5.41) is 0.781. The number of hydrogen-bond donors (Lipinski definition) is 1. The standard InChI is InChI=1S/C17H29ClN2/c1-4-14(5-2)13-20(6-3)12-11-17(19)15-9-7-8-10-16(15)18/h7-10,14,17H,4-6,11-13,19H2,1-3H3. The van der Waals surface area contributed by atoms with E-state index < -0.39 is 0 Å². The number of hydrogen-bond acceptors (Lipinski definition) is 2. The minimum atomic E-state index is 0.0273. The van der Waals surface area contributed by atoms with E-state index in [2.05, 4.69) is 25.7 Å². The van der Waals surface area contributed by atoms with Crippen LogP contribution in [0.15, 0.2) is 24.3 Å². The molecule has 1 aromatic carbocycles. The van der Waals surface area contributed by atoms with Gasteiger partial charge in [-0.15, -0.1) is 0 Å². The second-order valence-corrected chi connectivity index (χ2v) is 5.90. The number of halogens is 1. The molecule has 2 nitrogen and oxygen atoms in total. The first-order valence-electron chi connectivity index (χ1n) is 7.84. The van der Waals surface area contributed by atoms with Crippen molar-refractivity contribution in [3.05, 3.63) is 34.9 Å². The number of nitrogens with two attached hydrogens (primary N) is 1. The van der Waals surface area contributed by atoms with Gasteiger partial charge in [0.2, 0.25) is 0 Å². The van der Waals surface area contributed by atoms with E-state index in [1.54, 1.807) is 0 Å². The third-order valence-electron chi connectivity index (χ3n) is 4.18. The Morgan fingerprint density at radius 1 is 1.15 bits per heavy atom. The van der Waals surface area contributed by atoms with Crippen LogP contribution in [0.3, 0.4) is 0 Å². The Bertz CT molecular complexity index is 377. The molecule has 1 unspecified atom stereocenters. The summed E-state index contributed by atoms with van der Waals surface area (Å²) >= 11 is 6.20. The molecular weight excluding hydrogens is 268 g/mol. The average molecular weight is 297 g/mol. The van der Waals surface area contributed by atoms with E-state index in [-0.39, 0.29) is 6.04 Å². The van der Waals surface area contributed by atoms with E-state index in [9.17, 15) is 0 Å². The molecule has 0 fully saturated rings. The Balaban J connectivity index is 2.49. The minimum Gasteiger partial charge on any atom is -0.324 e. The Kier molecular flexibility index (Phi) is 8.20. The highest BCUT2D eigenvalue weighted by Crippen LogP contribution is 2.23. The Hall–Kier alpha value is -0.570. The molecule has 0 saturated carbocycles. The van der Waals surface area contributed by atoms with Crippen LogP contribution in [0.25, 0.3) is 0 Å². The number of rotatable bonds is 9. The van der Waals surface area contributed by atoms with Crippen molar-refractivity contribution in [2.24, 2.45) is 11.7 Å². The van der Waals surface area contributed by atoms with Crippen LogP contribution in [0.4, 0.5) is 0 Å². The van der Waals surface area contributed by atoms with Crippen LogP contribution in [0, 0.1) is 5.92 Å². The molecule has 1 aromatic rings. The van der Waals surface area contributed by atoms with Crippen molar-refractivity contribution in [3.63, 3.8) is 0 Å². The first-order valence-corrected chi connectivity index (χ1v) is 8.22. The van der Waals surface area contributed by atoms with Crippen LogP contribution in [0.1, 0.15) is 51.6 Å². The van der Waals surface area contributed by atoms with Gasteiger partial charge < -0.3 is 10.6 Å². The third-order valence-corrected chi connectivity index (χ3v) is 4.52. The lowest BCUT2D eigenvalue weighted by Crippen LogP contribution is -2.32. The van der Waals surface area contributed by atoms with Crippen LogP contribution in [-0.2, 0) is 0 Å². The highest BCUT2D eigenvalue weighted by Gasteiger charge is 2.13. The highest BCUT2D eigenvalue weighted by molar-refractivity contribution is 6.31. The maximum atomic E-state index is 6.28. The largest absolute Gasteiger partial charge is 0.324 e. The zero-order valence-electron chi connectivity index (χ0n) is 13.1. The lowest BCUT2D eigenvalue weighted by molar-refractivity contribution is 0.226. The van der Waals surface area contributed by atoms with Gasteiger partial charge in [-0.2, -0.15) is 0 Å². The fraction of sp³-hybridized carbons (Fsp3) is 0.647. The zero-order valence-corrected chi connectivity index (χ0v) is 13.9. The van der Waals surface area contributed by atoms with Gasteiger partial charge in [0.25, 0.3) is 0 Å². The molecule has 0 aliphatic carbocycles. The molecule has 0 bridgehead atoms. The zero-order chi connectivity index (χ0) is 15.0. The van der Waals surface area contributed by atoms with E-state index in [1.165, 1.54) is 19.4 Å². The lowest BCUT2D eigenvalue weighted by Gasteiger charge is -2.26. The SMILES string of the molecule is CCC(CC)CN(CC)CCC(N)c1ccccc1Cl. The van der Waals surface area contributed by atoms with E-state index in [1.807, 2.05) is 24.3 Å². The van der Waals surface area contributed by atoms with Crippen LogP contribution >= 0.6 is 11.6 Å². The topological polar surface area (TPSA) is 29.3 Å². The monoisotopic (exact) mass is 296 g/mol. The van der Waals surface area contributed by atoms with Crippen molar-refractivity contribution in [2.45, 2.75) is 46.1 Å². The summed E-state index contributed by atoms with van der Waals surface area (Å²) in [5.74, 6) is 0.798. The van der Waals surface area contributed by atoms with Crippen LogP contribution in [-0.4, -0.2) is 24.5 Å². The first-order chi connectivity index (χ1) is 9.62. The highest BCUT2D eigenvalue weighted by atomic mass is 35.5. The predicted octanol–water partition coefficient (Wildman–Crippen LogP) is 4.49. The molecule has 0 amide bonds. The van der Waals surface area contributed by atoms with Crippen LogP contribution < -0.4 is 5.73 Å². The summed E-state index contributed by atoms with van der Waals surface area (Å²) in [5.41, 5.74) is 7.35. The molecule has 3 heteroatoms. The number of benzene rings is 1. The van der Waals surface area contributed by atoms with Crippen molar-refractivity contribution in [1.82, 2.24) is 4.90 Å². The van der Waals surface area contributed by atoms with Gasteiger partial charge in [-0.1, -0.05) is 63.4 Å². The van der Waals surface area contributed by atoms with E-state index in [4.69, 9.17) is 17.3 Å². The average Bonchev–Trinajstić information content (AvgIpc) is 2.48. The Labute approximate surface area is 129 Å². The van der Waals surface area contributed by atoms with Crippen molar-refractivity contribution in [3.8, 4) is 0 Å². The van der Waals surface area contributed by atoms with Gasteiger partial charge >= 0.3 is 0 Å². The van der Waals surface area contributed by atoms with Gasteiger partial charge in [0, 0.05) is 17.6 Å². The van der Waals surface area contributed by atoms with E-state index >= 15 is 0 Å². The van der Waals surface area contributed by atoms with Gasteiger partial charge in [-0.25, -0.2) is 0 Å². The molecule has 0 heterocycles. The summed E-state index contributed by atoms with van der Waals surface area (Å²) in [7, 11) is 0. The quantitative estimate of drug-likeness (QED) is 0.727. The molecular formula is C17H29ClN2. The molecule has 0 aliphatic rings. The third kappa shape index (κ3) is 5.43. The second kappa shape index (κ2) is 9.38. The van der Waals surface area contributed by atoms with Crippen molar-refractivity contribution in [1.29, 1.82) is 0 Å². The smallest absolute Gasteiger partial charge is 0.0453 e. The van der Waals surface area contributed by atoms with Gasteiger partial charge in [0.1, 0.15) is 0 Å². The second-order valence-electron chi connectivity index (χ2n) is 5.49. The van der Waals surface area contributed by atoms with E-state index in [0.717, 1.165) is 36.0 Å². The van der Waals surface area contributed by atoms with Crippen LogP contribution in [0.5, 0.6) is 0 Å². The summed E-state index contributed by atoms with van der Waals surface area (Å²) in [6.45, 7) is 10.1. The fourth-order valence-corrected chi connectivity index (χ4v) is 2.82. The fourth-order valence-electron chi connectivity index (χ4n) is 2.54. The Morgan fingerprint density at radius 3 is 2.35 bits per heavy atom. The Morgan fingerprint density at radius 2 is 1.80 bits per heavy atom. The van der Waals surface area contributed by atoms with Gasteiger partial charge in [-0.05, 0) is 37.1 Å². The molecule has 1 rings (SSSR count). The van der Waals surface area contributed by atoms with Gasteiger partial charge in [0.05, 0.1) is 0 Å².